The normalized spacial score (nSPS) is 26.8. The first kappa shape index (κ1) is 12.1. The van der Waals surface area contributed by atoms with Gasteiger partial charge >= 0.3 is 0 Å². The van der Waals surface area contributed by atoms with Crippen molar-refractivity contribution in [2.24, 2.45) is 5.73 Å². The minimum Gasteiger partial charge on any atom is -0.327 e. The van der Waals surface area contributed by atoms with Gasteiger partial charge in [-0.2, -0.15) is 0 Å². The van der Waals surface area contributed by atoms with Gasteiger partial charge < -0.3 is 10.6 Å². The lowest BCUT2D eigenvalue weighted by atomic mass is 9.71. The van der Waals surface area contributed by atoms with Crippen LogP contribution in [-0.4, -0.2) is 35.1 Å². The van der Waals surface area contributed by atoms with Crippen molar-refractivity contribution in [2.75, 3.05) is 13.1 Å². The second-order valence-corrected chi connectivity index (χ2v) is 6.09. The molecule has 1 spiro atoms. The van der Waals surface area contributed by atoms with Crippen molar-refractivity contribution in [3.8, 4) is 0 Å². The fourth-order valence-electron chi connectivity index (χ4n) is 3.74. The summed E-state index contributed by atoms with van der Waals surface area (Å²) >= 11 is 0. The monoisotopic (exact) mass is 245 g/mol. The molecule has 0 unspecified atom stereocenters. The van der Waals surface area contributed by atoms with E-state index >= 15 is 0 Å². The molecular weight excluding hydrogens is 222 g/mol. The summed E-state index contributed by atoms with van der Waals surface area (Å²) in [6.07, 6.45) is 5.22. The summed E-state index contributed by atoms with van der Waals surface area (Å²) in [5, 5.41) is 0. The molecule has 2 aliphatic rings. The molecule has 0 aromatic carbocycles. The molecule has 3 nitrogen and oxygen atoms in total. The molecule has 98 valence electrons. The van der Waals surface area contributed by atoms with Crippen LogP contribution in [0.25, 0.3) is 0 Å². The van der Waals surface area contributed by atoms with Crippen molar-refractivity contribution >= 4 is 0 Å². The topological polar surface area (TPSA) is 42.2 Å². The largest absolute Gasteiger partial charge is 0.327 e. The van der Waals surface area contributed by atoms with Crippen LogP contribution in [0.4, 0.5) is 0 Å². The van der Waals surface area contributed by atoms with Crippen molar-refractivity contribution in [1.29, 1.82) is 0 Å². The maximum absolute atomic E-state index is 6.46. The van der Waals surface area contributed by atoms with Crippen LogP contribution in [0.1, 0.15) is 37.9 Å². The first-order valence-electron chi connectivity index (χ1n) is 7.07. The van der Waals surface area contributed by atoms with E-state index in [1.807, 2.05) is 6.20 Å². The third-order valence-corrected chi connectivity index (χ3v) is 4.97. The van der Waals surface area contributed by atoms with E-state index in [-0.39, 0.29) is 11.5 Å². The van der Waals surface area contributed by atoms with Gasteiger partial charge in [-0.25, -0.2) is 0 Å². The van der Waals surface area contributed by atoms with Gasteiger partial charge in [0.15, 0.2) is 0 Å². The van der Waals surface area contributed by atoms with Gasteiger partial charge in [-0.15, -0.1) is 0 Å². The Labute approximate surface area is 109 Å². The van der Waals surface area contributed by atoms with Gasteiger partial charge in [-0.05, 0) is 51.4 Å². The van der Waals surface area contributed by atoms with Crippen molar-refractivity contribution in [3.63, 3.8) is 0 Å². The van der Waals surface area contributed by atoms with Gasteiger partial charge in [-0.1, -0.05) is 6.07 Å². The number of fused-ring (bicyclic) bond motifs is 2. The molecule has 1 saturated heterocycles. The molecule has 3 rings (SSSR count). The van der Waals surface area contributed by atoms with Crippen LogP contribution in [0.5, 0.6) is 0 Å². The first-order chi connectivity index (χ1) is 8.63. The van der Waals surface area contributed by atoms with Gasteiger partial charge in [0.2, 0.25) is 0 Å². The number of likely N-dealkylation sites (tertiary alicyclic amines) is 1. The average Bonchev–Trinajstić information content (AvgIpc) is 2.64. The van der Waals surface area contributed by atoms with Crippen molar-refractivity contribution < 1.29 is 0 Å². The Kier molecular flexibility index (Phi) is 2.91. The number of nitrogens with zero attached hydrogens (tertiary/aromatic N) is 2. The van der Waals surface area contributed by atoms with Crippen molar-refractivity contribution in [1.82, 2.24) is 9.88 Å². The van der Waals surface area contributed by atoms with Gasteiger partial charge in [0, 0.05) is 35.8 Å². The Morgan fingerprint density at radius 1 is 1.39 bits per heavy atom. The number of hydrogen-bond donors (Lipinski definition) is 1. The standard InChI is InChI=1S/C15H23N3/c1-11(2)18-8-5-15(6-9-18)12-4-3-7-17-13(12)10-14(15)16/h3-4,7,11,14H,5-6,8-10,16H2,1-2H3/t14-/m1/s1. The molecule has 0 saturated carbocycles. The average molecular weight is 245 g/mol. The Hall–Kier alpha value is -0.930. The third kappa shape index (κ3) is 1.69. The molecule has 1 aliphatic carbocycles. The molecule has 3 heteroatoms. The lowest BCUT2D eigenvalue weighted by Crippen LogP contribution is -2.51. The lowest BCUT2D eigenvalue weighted by Gasteiger charge is -2.44. The summed E-state index contributed by atoms with van der Waals surface area (Å²) in [5.74, 6) is 0. The quantitative estimate of drug-likeness (QED) is 0.819. The van der Waals surface area contributed by atoms with Crippen LogP contribution >= 0.6 is 0 Å². The summed E-state index contributed by atoms with van der Waals surface area (Å²) < 4.78 is 0. The molecule has 1 aliphatic heterocycles. The number of hydrogen-bond acceptors (Lipinski definition) is 3. The number of nitrogens with two attached hydrogens (primary N) is 1. The minimum atomic E-state index is 0.203. The van der Waals surface area contributed by atoms with Gasteiger partial charge in [0.1, 0.15) is 0 Å². The number of rotatable bonds is 1. The summed E-state index contributed by atoms with van der Waals surface area (Å²) in [6, 6.07) is 5.22. The molecule has 0 radical (unpaired) electrons. The van der Waals surface area contributed by atoms with Crippen LogP contribution in [0.3, 0.4) is 0 Å². The van der Waals surface area contributed by atoms with Crippen LogP contribution in [0.15, 0.2) is 18.3 Å². The smallest absolute Gasteiger partial charge is 0.0457 e. The Morgan fingerprint density at radius 3 is 2.78 bits per heavy atom. The highest BCUT2D eigenvalue weighted by molar-refractivity contribution is 5.38. The van der Waals surface area contributed by atoms with Crippen molar-refractivity contribution in [3.05, 3.63) is 29.6 Å². The molecule has 1 atom stereocenters. The Bertz CT molecular complexity index is 433. The zero-order valence-electron chi connectivity index (χ0n) is 11.4. The summed E-state index contributed by atoms with van der Waals surface area (Å²) in [5.41, 5.74) is 9.33. The molecular formula is C15H23N3. The number of piperidine rings is 1. The predicted molar refractivity (Wildman–Crippen MR) is 73.5 cm³/mol. The molecule has 2 N–H and O–H groups in total. The first-order valence-corrected chi connectivity index (χ1v) is 7.07. The maximum Gasteiger partial charge on any atom is 0.0457 e. The van der Waals surface area contributed by atoms with E-state index < -0.39 is 0 Å². The third-order valence-electron chi connectivity index (χ3n) is 4.97. The van der Waals surface area contributed by atoms with E-state index in [2.05, 4.69) is 35.9 Å². The Balaban J connectivity index is 1.88. The summed E-state index contributed by atoms with van der Waals surface area (Å²) in [7, 11) is 0. The van der Waals surface area contributed by atoms with Crippen LogP contribution < -0.4 is 5.73 Å². The maximum atomic E-state index is 6.46. The SMILES string of the molecule is CC(C)N1CCC2(CC1)c1cccnc1C[C@H]2N. The van der Waals surface area contributed by atoms with Crippen LogP contribution in [0, 0.1) is 0 Å². The Morgan fingerprint density at radius 2 is 2.11 bits per heavy atom. The van der Waals surface area contributed by atoms with E-state index in [1.165, 1.54) is 37.2 Å². The zero-order chi connectivity index (χ0) is 12.8. The molecule has 1 fully saturated rings. The number of pyridine rings is 1. The highest BCUT2D eigenvalue weighted by atomic mass is 15.2. The highest BCUT2D eigenvalue weighted by Gasteiger charge is 2.47. The predicted octanol–water partition coefficient (Wildman–Crippen LogP) is 1.71. The lowest BCUT2D eigenvalue weighted by molar-refractivity contribution is 0.120. The molecule has 0 bridgehead atoms. The summed E-state index contributed by atoms with van der Waals surface area (Å²) in [6.45, 7) is 6.89. The van der Waals surface area contributed by atoms with Gasteiger partial charge in [-0.3, -0.25) is 4.98 Å². The summed E-state index contributed by atoms with van der Waals surface area (Å²) in [4.78, 5) is 7.08. The van der Waals surface area contributed by atoms with E-state index in [1.54, 1.807) is 0 Å². The molecule has 2 heterocycles. The number of aromatic nitrogens is 1. The minimum absolute atomic E-state index is 0.203. The van der Waals surface area contributed by atoms with E-state index in [0.29, 0.717) is 6.04 Å². The molecule has 1 aromatic heterocycles. The fraction of sp³-hybridized carbons (Fsp3) is 0.667. The zero-order valence-corrected chi connectivity index (χ0v) is 11.4. The van der Waals surface area contributed by atoms with E-state index in [9.17, 15) is 0 Å². The molecule has 18 heavy (non-hydrogen) atoms. The van der Waals surface area contributed by atoms with Gasteiger partial charge in [0.05, 0.1) is 0 Å². The molecule has 0 amide bonds. The second kappa shape index (κ2) is 4.32. The van der Waals surface area contributed by atoms with Crippen LogP contribution in [0.2, 0.25) is 0 Å². The second-order valence-electron chi connectivity index (χ2n) is 6.09. The highest BCUT2D eigenvalue weighted by Crippen LogP contribution is 2.44. The van der Waals surface area contributed by atoms with Gasteiger partial charge in [0.25, 0.3) is 0 Å². The fourth-order valence-corrected chi connectivity index (χ4v) is 3.74. The van der Waals surface area contributed by atoms with Crippen LogP contribution in [-0.2, 0) is 11.8 Å². The van der Waals surface area contributed by atoms with E-state index in [0.717, 1.165) is 6.42 Å². The molecule has 1 aromatic rings. The van der Waals surface area contributed by atoms with E-state index in [4.69, 9.17) is 5.73 Å². The van der Waals surface area contributed by atoms with Crippen molar-refractivity contribution in [2.45, 2.75) is 50.6 Å².